The van der Waals surface area contributed by atoms with Gasteiger partial charge in [0.05, 0.1) is 20.8 Å². The average molecular weight is 375 g/mol. The maximum atomic E-state index is 12.3. The normalized spacial score (nSPS) is 13.8. The summed E-state index contributed by atoms with van der Waals surface area (Å²) in [5.74, 6) is 1.48. The zero-order valence-electron chi connectivity index (χ0n) is 15.0. The highest BCUT2D eigenvalue weighted by Gasteiger charge is 2.21. The van der Waals surface area contributed by atoms with Crippen LogP contribution in [-0.4, -0.2) is 38.1 Å². The highest BCUT2D eigenvalue weighted by atomic mass is 35.5. The lowest BCUT2D eigenvalue weighted by Gasteiger charge is -2.29. The minimum atomic E-state index is 0.00824. The Morgan fingerprint density at radius 2 is 1.88 bits per heavy atom. The quantitative estimate of drug-likeness (QED) is 0.844. The van der Waals surface area contributed by atoms with Gasteiger partial charge < -0.3 is 14.8 Å². The first-order valence-corrected chi connectivity index (χ1v) is 8.94. The number of hydrogen-bond acceptors (Lipinski definition) is 4. The number of ether oxygens (including phenoxy) is 2. The van der Waals surface area contributed by atoms with Gasteiger partial charge in [-0.15, -0.1) is 0 Å². The predicted octanol–water partition coefficient (Wildman–Crippen LogP) is 3.03. The number of halogens is 1. The summed E-state index contributed by atoms with van der Waals surface area (Å²) in [6, 6.07) is 11.5. The number of carbonyl (C=O) groups excluding carboxylic acids is 1. The molecule has 1 amide bonds. The number of amides is 1. The van der Waals surface area contributed by atoms with E-state index in [1.54, 1.807) is 14.2 Å². The fourth-order valence-electron chi connectivity index (χ4n) is 3.18. The summed E-state index contributed by atoms with van der Waals surface area (Å²) in [5, 5.41) is 3.63. The molecule has 0 saturated carbocycles. The third kappa shape index (κ3) is 4.48. The van der Waals surface area contributed by atoms with Crippen LogP contribution >= 0.6 is 11.6 Å². The van der Waals surface area contributed by atoms with Crippen molar-refractivity contribution >= 4 is 17.5 Å². The molecule has 0 atom stereocenters. The third-order valence-corrected chi connectivity index (χ3v) is 4.78. The molecular formula is C20H23ClN2O3. The SMILES string of the molecule is COc1cc2c(cc1OC)CN(CC(=O)NCc1cccc(Cl)c1)CC2. The van der Waals surface area contributed by atoms with E-state index < -0.39 is 0 Å². The molecule has 0 fully saturated rings. The van der Waals surface area contributed by atoms with Crippen LogP contribution in [0.4, 0.5) is 0 Å². The monoisotopic (exact) mass is 374 g/mol. The van der Waals surface area contributed by atoms with Crippen molar-refractivity contribution in [2.24, 2.45) is 0 Å². The molecule has 138 valence electrons. The van der Waals surface area contributed by atoms with E-state index in [-0.39, 0.29) is 5.91 Å². The highest BCUT2D eigenvalue weighted by Crippen LogP contribution is 2.33. The van der Waals surface area contributed by atoms with Crippen LogP contribution < -0.4 is 14.8 Å². The largest absolute Gasteiger partial charge is 0.493 e. The maximum absolute atomic E-state index is 12.3. The Hall–Kier alpha value is -2.24. The van der Waals surface area contributed by atoms with Crippen molar-refractivity contribution in [3.63, 3.8) is 0 Å². The van der Waals surface area contributed by atoms with E-state index in [9.17, 15) is 4.79 Å². The van der Waals surface area contributed by atoms with Gasteiger partial charge in [0.15, 0.2) is 11.5 Å². The summed E-state index contributed by atoms with van der Waals surface area (Å²) in [4.78, 5) is 14.4. The van der Waals surface area contributed by atoms with Crippen molar-refractivity contribution in [3.8, 4) is 11.5 Å². The van der Waals surface area contributed by atoms with Gasteiger partial charge >= 0.3 is 0 Å². The number of nitrogens with zero attached hydrogens (tertiary/aromatic N) is 1. The van der Waals surface area contributed by atoms with Crippen LogP contribution in [0.25, 0.3) is 0 Å². The van der Waals surface area contributed by atoms with Crippen molar-refractivity contribution in [1.29, 1.82) is 0 Å². The summed E-state index contributed by atoms with van der Waals surface area (Å²) < 4.78 is 10.7. The van der Waals surface area contributed by atoms with E-state index in [4.69, 9.17) is 21.1 Å². The Labute approximate surface area is 158 Å². The number of methoxy groups -OCH3 is 2. The maximum Gasteiger partial charge on any atom is 0.234 e. The molecule has 1 aliphatic rings. The zero-order valence-corrected chi connectivity index (χ0v) is 15.8. The molecule has 0 bridgehead atoms. The van der Waals surface area contributed by atoms with E-state index in [2.05, 4.69) is 10.2 Å². The minimum absolute atomic E-state index is 0.00824. The van der Waals surface area contributed by atoms with E-state index in [1.807, 2.05) is 36.4 Å². The van der Waals surface area contributed by atoms with Gasteiger partial charge in [-0.3, -0.25) is 9.69 Å². The van der Waals surface area contributed by atoms with Gasteiger partial charge in [-0.05, 0) is 47.4 Å². The minimum Gasteiger partial charge on any atom is -0.493 e. The molecule has 0 unspecified atom stereocenters. The highest BCUT2D eigenvalue weighted by molar-refractivity contribution is 6.30. The molecule has 26 heavy (non-hydrogen) atoms. The van der Waals surface area contributed by atoms with E-state index in [0.29, 0.717) is 18.1 Å². The summed E-state index contributed by atoms with van der Waals surface area (Å²) in [6.07, 6.45) is 0.886. The smallest absolute Gasteiger partial charge is 0.234 e. The average Bonchev–Trinajstić information content (AvgIpc) is 2.65. The molecular weight excluding hydrogens is 352 g/mol. The number of hydrogen-bond donors (Lipinski definition) is 1. The van der Waals surface area contributed by atoms with Gasteiger partial charge in [-0.1, -0.05) is 23.7 Å². The van der Waals surface area contributed by atoms with Crippen molar-refractivity contribution < 1.29 is 14.3 Å². The second-order valence-corrected chi connectivity index (χ2v) is 6.78. The molecule has 2 aromatic rings. The summed E-state index contributed by atoms with van der Waals surface area (Å²) in [6.45, 7) is 2.41. The van der Waals surface area contributed by atoms with Crippen LogP contribution in [0.2, 0.25) is 5.02 Å². The molecule has 1 N–H and O–H groups in total. The number of fused-ring (bicyclic) bond motifs is 1. The second kappa shape index (κ2) is 8.43. The lowest BCUT2D eigenvalue weighted by Crippen LogP contribution is -2.39. The topological polar surface area (TPSA) is 50.8 Å². The summed E-state index contributed by atoms with van der Waals surface area (Å²) in [5.41, 5.74) is 3.42. The van der Waals surface area contributed by atoms with Crippen LogP contribution in [0.1, 0.15) is 16.7 Å². The van der Waals surface area contributed by atoms with Crippen LogP contribution in [0.5, 0.6) is 11.5 Å². The van der Waals surface area contributed by atoms with Gasteiger partial charge in [-0.2, -0.15) is 0 Å². The van der Waals surface area contributed by atoms with Gasteiger partial charge in [0, 0.05) is 24.7 Å². The molecule has 6 heteroatoms. The zero-order chi connectivity index (χ0) is 18.5. The lowest BCUT2D eigenvalue weighted by atomic mass is 9.99. The molecule has 3 rings (SSSR count). The van der Waals surface area contributed by atoms with Crippen molar-refractivity contribution in [1.82, 2.24) is 10.2 Å². The van der Waals surface area contributed by atoms with E-state index >= 15 is 0 Å². The lowest BCUT2D eigenvalue weighted by molar-refractivity contribution is -0.122. The molecule has 1 aliphatic heterocycles. The molecule has 0 saturated heterocycles. The van der Waals surface area contributed by atoms with Gasteiger partial charge in [-0.25, -0.2) is 0 Å². The molecule has 0 radical (unpaired) electrons. The standard InChI is InChI=1S/C20H23ClN2O3/c1-25-18-9-15-6-7-23(12-16(15)10-19(18)26-2)13-20(24)22-11-14-4-3-5-17(21)8-14/h3-5,8-10H,6-7,11-13H2,1-2H3,(H,22,24). The van der Waals surface area contributed by atoms with Gasteiger partial charge in [0.2, 0.25) is 5.91 Å². The molecule has 0 spiro atoms. The molecule has 0 aliphatic carbocycles. The molecule has 5 nitrogen and oxygen atoms in total. The van der Waals surface area contributed by atoms with E-state index in [0.717, 1.165) is 36.6 Å². The fourth-order valence-corrected chi connectivity index (χ4v) is 3.40. The van der Waals surface area contributed by atoms with Crippen LogP contribution in [0.15, 0.2) is 36.4 Å². The Kier molecular flexibility index (Phi) is 6.01. The number of carbonyl (C=O) groups is 1. The predicted molar refractivity (Wildman–Crippen MR) is 102 cm³/mol. The second-order valence-electron chi connectivity index (χ2n) is 6.34. The summed E-state index contributed by atoms with van der Waals surface area (Å²) in [7, 11) is 3.28. The Morgan fingerprint density at radius 1 is 1.15 bits per heavy atom. The molecule has 1 heterocycles. The van der Waals surface area contributed by atoms with Gasteiger partial charge in [0.1, 0.15) is 0 Å². The van der Waals surface area contributed by atoms with Crippen LogP contribution in [0, 0.1) is 0 Å². The van der Waals surface area contributed by atoms with Crippen molar-refractivity contribution in [2.45, 2.75) is 19.5 Å². The Balaban J connectivity index is 1.57. The first-order chi connectivity index (χ1) is 12.6. The number of nitrogens with one attached hydrogen (secondary N) is 1. The van der Waals surface area contributed by atoms with Crippen molar-refractivity contribution in [2.75, 3.05) is 27.3 Å². The van der Waals surface area contributed by atoms with Crippen LogP contribution in [0.3, 0.4) is 0 Å². The summed E-state index contributed by atoms with van der Waals surface area (Å²) >= 11 is 5.97. The van der Waals surface area contributed by atoms with E-state index in [1.165, 1.54) is 11.1 Å². The molecule has 0 aromatic heterocycles. The van der Waals surface area contributed by atoms with Crippen LogP contribution in [-0.2, 0) is 24.3 Å². The third-order valence-electron chi connectivity index (χ3n) is 4.54. The Morgan fingerprint density at radius 3 is 2.58 bits per heavy atom. The first kappa shape index (κ1) is 18.5. The van der Waals surface area contributed by atoms with Crippen molar-refractivity contribution in [3.05, 3.63) is 58.1 Å². The first-order valence-electron chi connectivity index (χ1n) is 8.56. The van der Waals surface area contributed by atoms with Gasteiger partial charge in [0.25, 0.3) is 0 Å². The number of rotatable bonds is 6. The Bertz CT molecular complexity index is 795. The fraction of sp³-hybridized carbons (Fsp3) is 0.350. The number of benzene rings is 2. The molecule has 2 aromatic carbocycles.